The number of carboxylic acid groups (broad SMARTS) is 1. The molecular weight excluding hydrogens is 194 g/mol. The van der Waals surface area contributed by atoms with Crippen molar-refractivity contribution in [3.05, 3.63) is 35.6 Å². The van der Waals surface area contributed by atoms with Crippen LogP contribution in [0.1, 0.15) is 29.1 Å². The summed E-state index contributed by atoms with van der Waals surface area (Å²) in [7, 11) is 0. The van der Waals surface area contributed by atoms with E-state index in [1.165, 1.54) is 6.07 Å². The fourth-order valence-corrected chi connectivity index (χ4v) is 1.55. The van der Waals surface area contributed by atoms with Crippen LogP contribution >= 0.6 is 0 Å². The summed E-state index contributed by atoms with van der Waals surface area (Å²) in [6, 6.07) is 6.80. The average Bonchev–Trinajstić information content (AvgIpc) is 2.60. The van der Waals surface area contributed by atoms with Crippen molar-refractivity contribution in [1.29, 1.82) is 0 Å². The highest BCUT2D eigenvalue weighted by molar-refractivity contribution is 5.92. The van der Waals surface area contributed by atoms with Crippen LogP contribution in [0.15, 0.2) is 28.7 Å². The van der Waals surface area contributed by atoms with Gasteiger partial charge in [-0.1, -0.05) is 18.2 Å². The van der Waals surface area contributed by atoms with E-state index in [0.29, 0.717) is 5.58 Å². The summed E-state index contributed by atoms with van der Waals surface area (Å²) < 4.78 is 5.24. The van der Waals surface area contributed by atoms with E-state index >= 15 is 0 Å². The number of para-hydroxylation sites is 1. The normalized spacial score (nSPS) is 12.9. The molecule has 1 unspecified atom stereocenters. The minimum Gasteiger partial charge on any atom is -0.475 e. The molecule has 0 spiro atoms. The topological polar surface area (TPSA) is 76.5 Å². The lowest BCUT2D eigenvalue weighted by atomic mass is 10.1. The summed E-state index contributed by atoms with van der Waals surface area (Å²) >= 11 is 0. The Morgan fingerprint density at radius 1 is 1.53 bits per heavy atom. The van der Waals surface area contributed by atoms with E-state index in [1.807, 2.05) is 19.1 Å². The van der Waals surface area contributed by atoms with Crippen molar-refractivity contribution in [2.45, 2.75) is 13.0 Å². The van der Waals surface area contributed by atoms with Gasteiger partial charge in [-0.05, 0) is 13.0 Å². The lowest BCUT2D eigenvalue weighted by Gasteiger charge is -2.04. The summed E-state index contributed by atoms with van der Waals surface area (Å²) in [6.07, 6.45) is 0. The van der Waals surface area contributed by atoms with E-state index in [1.54, 1.807) is 6.07 Å². The van der Waals surface area contributed by atoms with Gasteiger partial charge in [-0.2, -0.15) is 0 Å². The van der Waals surface area contributed by atoms with Gasteiger partial charge in [-0.15, -0.1) is 0 Å². The first-order valence-corrected chi connectivity index (χ1v) is 4.61. The third-order valence-corrected chi connectivity index (χ3v) is 2.28. The molecule has 0 saturated carbocycles. The number of carboxylic acids is 1. The highest BCUT2D eigenvalue weighted by Crippen LogP contribution is 2.26. The molecule has 1 aromatic heterocycles. The van der Waals surface area contributed by atoms with Crippen LogP contribution in [0.25, 0.3) is 11.0 Å². The summed E-state index contributed by atoms with van der Waals surface area (Å²) in [4.78, 5) is 10.7. The maximum absolute atomic E-state index is 10.7. The molecule has 4 nitrogen and oxygen atoms in total. The molecule has 0 fully saturated rings. The Balaban J connectivity index is 2.69. The van der Waals surface area contributed by atoms with E-state index in [0.717, 1.165) is 10.9 Å². The fraction of sp³-hybridized carbons (Fsp3) is 0.182. The Morgan fingerprint density at radius 2 is 2.27 bits per heavy atom. The maximum Gasteiger partial charge on any atom is 0.371 e. The molecule has 0 radical (unpaired) electrons. The van der Waals surface area contributed by atoms with Crippen LogP contribution in [0.4, 0.5) is 0 Å². The fourth-order valence-electron chi connectivity index (χ4n) is 1.55. The molecule has 3 N–H and O–H groups in total. The zero-order chi connectivity index (χ0) is 11.0. The second-order valence-corrected chi connectivity index (χ2v) is 3.47. The van der Waals surface area contributed by atoms with Gasteiger partial charge < -0.3 is 15.3 Å². The lowest BCUT2D eigenvalue weighted by Crippen LogP contribution is -2.04. The van der Waals surface area contributed by atoms with E-state index in [2.05, 4.69) is 0 Å². The molecule has 0 aliphatic carbocycles. The zero-order valence-corrected chi connectivity index (χ0v) is 8.23. The minimum atomic E-state index is -1.07. The van der Waals surface area contributed by atoms with Crippen LogP contribution in [-0.2, 0) is 0 Å². The van der Waals surface area contributed by atoms with Crippen molar-refractivity contribution in [3.8, 4) is 0 Å². The van der Waals surface area contributed by atoms with Gasteiger partial charge in [0.1, 0.15) is 5.58 Å². The summed E-state index contributed by atoms with van der Waals surface area (Å²) in [5.41, 5.74) is 7.14. The number of hydrogen-bond donors (Lipinski definition) is 2. The predicted octanol–water partition coefficient (Wildman–Crippen LogP) is 2.15. The summed E-state index contributed by atoms with van der Waals surface area (Å²) in [6.45, 7) is 1.83. The van der Waals surface area contributed by atoms with Crippen molar-refractivity contribution in [1.82, 2.24) is 0 Å². The van der Waals surface area contributed by atoms with E-state index in [9.17, 15) is 4.79 Å². The van der Waals surface area contributed by atoms with E-state index in [4.69, 9.17) is 15.3 Å². The molecule has 0 aliphatic rings. The first kappa shape index (κ1) is 9.73. The van der Waals surface area contributed by atoms with Crippen molar-refractivity contribution in [2.75, 3.05) is 0 Å². The minimum absolute atomic E-state index is 0.0573. The molecule has 15 heavy (non-hydrogen) atoms. The number of nitrogens with two attached hydrogens (primary N) is 1. The highest BCUT2D eigenvalue weighted by atomic mass is 16.4. The van der Waals surface area contributed by atoms with Gasteiger partial charge in [0, 0.05) is 17.0 Å². The number of furan rings is 1. The Labute approximate surface area is 86.3 Å². The van der Waals surface area contributed by atoms with Crippen molar-refractivity contribution in [2.24, 2.45) is 5.73 Å². The average molecular weight is 205 g/mol. The molecule has 1 atom stereocenters. The van der Waals surface area contributed by atoms with Gasteiger partial charge in [0.05, 0.1) is 0 Å². The number of aromatic carboxylic acids is 1. The lowest BCUT2D eigenvalue weighted by molar-refractivity contribution is 0.0665. The van der Waals surface area contributed by atoms with E-state index in [-0.39, 0.29) is 11.8 Å². The van der Waals surface area contributed by atoms with Gasteiger partial charge in [-0.25, -0.2) is 4.79 Å². The number of hydrogen-bond acceptors (Lipinski definition) is 3. The van der Waals surface area contributed by atoms with Crippen LogP contribution in [0.3, 0.4) is 0 Å². The largest absolute Gasteiger partial charge is 0.475 e. The number of benzene rings is 1. The Hall–Kier alpha value is -1.81. The summed E-state index contributed by atoms with van der Waals surface area (Å²) in [5, 5.41) is 9.56. The Bertz CT molecular complexity index is 514. The predicted molar refractivity (Wildman–Crippen MR) is 55.8 cm³/mol. The molecule has 78 valence electrons. The second-order valence-electron chi connectivity index (χ2n) is 3.47. The van der Waals surface area contributed by atoms with Gasteiger partial charge in [0.25, 0.3) is 0 Å². The van der Waals surface area contributed by atoms with Crippen LogP contribution in [0.2, 0.25) is 0 Å². The van der Waals surface area contributed by atoms with Crippen molar-refractivity contribution < 1.29 is 14.3 Å². The zero-order valence-electron chi connectivity index (χ0n) is 8.23. The summed E-state index contributed by atoms with van der Waals surface area (Å²) in [5.74, 6) is -1.13. The van der Waals surface area contributed by atoms with Gasteiger partial charge >= 0.3 is 5.97 Å². The van der Waals surface area contributed by atoms with Gasteiger partial charge in [-0.3, -0.25) is 0 Å². The Kier molecular flexibility index (Phi) is 2.21. The van der Waals surface area contributed by atoms with Crippen molar-refractivity contribution in [3.63, 3.8) is 0 Å². The molecule has 1 aromatic carbocycles. The molecule has 1 heterocycles. The number of rotatable bonds is 2. The highest BCUT2D eigenvalue weighted by Gasteiger charge is 2.14. The van der Waals surface area contributed by atoms with Gasteiger partial charge in [0.15, 0.2) is 0 Å². The molecule has 0 bridgehead atoms. The van der Waals surface area contributed by atoms with E-state index < -0.39 is 5.97 Å². The van der Waals surface area contributed by atoms with Crippen LogP contribution in [-0.4, -0.2) is 11.1 Å². The maximum atomic E-state index is 10.7. The van der Waals surface area contributed by atoms with Crippen LogP contribution in [0, 0.1) is 0 Å². The van der Waals surface area contributed by atoms with Crippen LogP contribution in [0.5, 0.6) is 0 Å². The molecule has 0 amide bonds. The van der Waals surface area contributed by atoms with Gasteiger partial charge in [0.2, 0.25) is 5.76 Å². The second kappa shape index (κ2) is 3.40. The Morgan fingerprint density at radius 3 is 2.87 bits per heavy atom. The third-order valence-electron chi connectivity index (χ3n) is 2.28. The molecule has 0 aliphatic heterocycles. The van der Waals surface area contributed by atoms with Crippen molar-refractivity contribution >= 4 is 16.9 Å². The van der Waals surface area contributed by atoms with Crippen LogP contribution < -0.4 is 5.73 Å². The third kappa shape index (κ3) is 1.59. The first-order valence-electron chi connectivity index (χ1n) is 4.61. The monoisotopic (exact) mass is 205 g/mol. The molecular formula is C11H11NO3. The molecule has 0 saturated heterocycles. The molecule has 4 heteroatoms. The number of carbonyl (C=O) groups is 1. The quantitative estimate of drug-likeness (QED) is 0.787. The molecule has 2 rings (SSSR count). The SMILES string of the molecule is CC(N)c1cccc2cc(C(=O)O)oc12. The smallest absolute Gasteiger partial charge is 0.371 e. The first-order chi connectivity index (χ1) is 7.09. The standard InChI is InChI=1S/C11H11NO3/c1-6(12)8-4-2-3-7-5-9(11(13)14)15-10(7)8/h2-6H,12H2,1H3,(H,13,14). The molecule has 2 aromatic rings. The number of fused-ring (bicyclic) bond motifs is 1.